The monoisotopic (exact) mass is 280 g/mol. The van der Waals surface area contributed by atoms with Crippen LogP contribution in [0.15, 0.2) is 18.2 Å². The number of nitrogens with zero attached hydrogens (tertiary/aromatic N) is 1. The van der Waals surface area contributed by atoms with Crippen molar-refractivity contribution in [1.82, 2.24) is 4.90 Å². The average molecular weight is 280 g/mol. The molecule has 1 aromatic rings. The topological polar surface area (TPSA) is 63.4 Å². The Morgan fingerprint density at radius 2 is 1.95 bits per heavy atom. The molecule has 1 fully saturated rings. The summed E-state index contributed by atoms with van der Waals surface area (Å²) in [5.41, 5.74) is 6.50. The smallest absolute Gasteiger partial charge is 0.229 e. The van der Waals surface area contributed by atoms with Gasteiger partial charge >= 0.3 is 0 Å². The number of nitrogens with two attached hydrogens (primary N) is 1. The number of benzene rings is 1. The standard InChI is InChI=1S/C13H13FN2O2S/c14-9-4-5-10(13(15)19)8(6-9)7-16-11(17)2-1-3-12(16)18/h4-6H,1-3,7H2,(H2,15,19). The van der Waals surface area contributed by atoms with Gasteiger partial charge in [0.1, 0.15) is 10.8 Å². The summed E-state index contributed by atoms with van der Waals surface area (Å²) < 4.78 is 13.3. The highest BCUT2D eigenvalue weighted by atomic mass is 32.1. The van der Waals surface area contributed by atoms with Gasteiger partial charge in [0.15, 0.2) is 0 Å². The summed E-state index contributed by atoms with van der Waals surface area (Å²) in [6.07, 6.45) is 1.24. The summed E-state index contributed by atoms with van der Waals surface area (Å²) in [6, 6.07) is 3.97. The lowest BCUT2D eigenvalue weighted by Crippen LogP contribution is -2.39. The number of amides is 2. The van der Waals surface area contributed by atoms with E-state index >= 15 is 0 Å². The maximum absolute atomic E-state index is 13.3. The molecule has 100 valence electrons. The first-order valence-corrected chi connectivity index (χ1v) is 6.31. The van der Waals surface area contributed by atoms with Crippen molar-refractivity contribution in [1.29, 1.82) is 0 Å². The lowest BCUT2D eigenvalue weighted by Gasteiger charge is -2.25. The van der Waals surface area contributed by atoms with E-state index < -0.39 is 5.82 Å². The number of hydrogen-bond acceptors (Lipinski definition) is 3. The first-order chi connectivity index (χ1) is 8.99. The van der Waals surface area contributed by atoms with Crippen molar-refractivity contribution >= 4 is 29.0 Å². The number of likely N-dealkylation sites (tertiary alicyclic amines) is 1. The molecule has 1 heterocycles. The third-order valence-corrected chi connectivity index (χ3v) is 3.26. The fraction of sp³-hybridized carbons (Fsp3) is 0.308. The van der Waals surface area contributed by atoms with Gasteiger partial charge in [-0.1, -0.05) is 12.2 Å². The molecule has 0 aliphatic carbocycles. The fourth-order valence-corrected chi connectivity index (χ4v) is 2.28. The van der Waals surface area contributed by atoms with Crippen LogP contribution in [0.3, 0.4) is 0 Å². The highest BCUT2D eigenvalue weighted by molar-refractivity contribution is 7.80. The zero-order valence-electron chi connectivity index (χ0n) is 10.2. The van der Waals surface area contributed by atoms with Crippen LogP contribution in [0.2, 0.25) is 0 Å². The van der Waals surface area contributed by atoms with E-state index in [0.717, 1.165) is 4.90 Å². The number of rotatable bonds is 3. The number of halogens is 1. The highest BCUT2D eigenvalue weighted by Gasteiger charge is 2.26. The molecule has 4 nitrogen and oxygen atoms in total. The molecule has 0 saturated carbocycles. The molecular weight excluding hydrogens is 267 g/mol. The fourth-order valence-electron chi connectivity index (χ4n) is 2.08. The van der Waals surface area contributed by atoms with Crippen LogP contribution in [-0.2, 0) is 16.1 Å². The van der Waals surface area contributed by atoms with Gasteiger partial charge in [-0.05, 0) is 30.2 Å². The number of piperidine rings is 1. The van der Waals surface area contributed by atoms with Crippen LogP contribution >= 0.6 is 12.2 Å². The molecule has 2 amide bonds. The molecule has 0 bridgehead atoms. The minimum atomic E-state index is -0.452. The van der Waals surface area contributed by atoms with E-state index in [1.54, 1.807) is 0 Å². The van der Waals surface area contributed by atoms with Gasteiger partial charge in [-0.2, -0.15) is 0 Å². The van der Waals surface area contributed by atoms with Crippen LogP contribution in [0.5, 0.6) is 0 Å². The van der Waals surface area contributed by atoms with E-state index in [2.05, 4.69) is 0 Å². The zero-order valence-corrected chi connectivity index (χ0v) is 11.0. The second-order valence-electron chi connectivity index (χ2n) is 4.39. The first-order valence-electron chi connectivity index (χ1n) is 5.90. The molecule has 1 aromatic carbocycles. The average Bonchev–Trinajstić information content (AvgIpc) is 2.33. The molecule has 2 rings (SSSR count). The van der Waals surface area contributed by atoms with Gasteiger partial charge in [0.05, 0.1) is 6.54 Å². The Hall–Kier alpha value is -1.82. The van der Waals surface area contributed by atoms with Crippen molar-refractivity contribution in [2.45, 2.75) is 25.8 Å². The molecule has 0 atom stereocenters. The Morgan fingerprint density at radius 3 is 2.53 bits per heavy atom. The van der Waals surface area contributed by atoms with Crippen LogP contribution in [0.4, 0.5) is 4.39 Å². The Kier molecular flexibility index (Phi) is 3.90. The molecular formula is C13H13FN2O2S. The van der Waals surface area contributed by atoms with Crippen molar-refractivity contribution in [3.8, 4) is 0 Å². The van der Waals surface area contributed by atoms with Crippen molar-refractivity contribution in [3.63, 3.8) is 0 Å². The summed E-state index contributed by atoms with van der Waals surface area (Å²) in [7, 11) is 0. The SMILES string of the molecule is NC(=S)c1ccc(F)cc1CN1C(=O)CCCC1=O. The Balaban J connectivity index is 2.31. The highest BCUT2D eigenvalue weighted by Crippen LogP contribution is 2.19. The van der Waals surface area contributed by atoms with Crippen LogP contribution in [0.1, 0.15) is 30.4 Å². The number of hydrogen-bond donors (Lipinski definition) is 1. The lowest BCUT2D eigenvalue weighted by atomic mass is 10.0. The minimum Gasteiger partial charge on any atom is -0.389 e. The molecule has 0 unspecified atom stereocenters. The largest absolute Gasteiger partial charge is 0.389 e. The predicted molar refractivity (Wildman–Crippen MR) is 71.7 cm³/mol. The van der Waals surface area contributed by atoms with Crippen LogP contribution in [0, 0.1) is 5.82 Å². The van der Waals surface area contributed by atoms with E-state index in [0.29, 0.717) is 30.4 Å². The summed E-state index contributed by atoms with van der Waals surface area (Å²) in [5.74, 6) is -0.935. The Labute approximate surface area is 115 Å². The van der Waals surface area contributed by atoms with Crippen molar-refractivity contribution in [2.75, 3.05) is 0 Å². The van der Waals surface area contributed by atoms with Crippen LogP contribution in [-0.4, -0.2) is 21.7 Å². The number of imide groups is 1. The second-order valence-corrected chi connectivity index (χ2v) is 4.83. The number of carbonyl (C=O) groups is 2. The molecule has 2 N–H and O–H groups in total. The summed E-state index contributed by atoms with van der Waals surface area (Å²) in [5, 5.41) is 0. The van der Waals surface area contributed by atoms with Gasteiger partial charge in [-0.25, -0.2) is 4.39 Å². The first kappa shape index (κ1) is 13.6. The second kappa shape index (κ2) is 5.44. The molecule has 0 radical (unpaired) electrons. The van der Waals surface area contributed by atoms with Crippen molar-refractivity contribution in [2.24, 2.45) is 5.73 Å². The number of carbonyl (C=O) groups excluding carboxylic acids is 2. The molecule has 0 aromatic heterocycles. The van der Waals surface area contributed by atoms with Crippen LogP contribution in [0.25, 0.3) is 0 Å². The number of thiocarbonyl (C=S) groups is 1. The lowest BCUT2D eigenvalue weighted by molar-refractivity contribution is -0.148. The molecule has 19 heavy (non-hydrogen) atoms. The molecule has 1 saturated heterocycles. The molecule has 6 heteroatoms. The zero-order chi connectivity index (χ0) is 14.0. The summed E-state index contributed by atoms with van der Waals surface area (Å²) in [4.78, 5) is 24.7. The van der Waals surface area contributed by atoms with E-state index in [1.807, 2.05) is 0 Å². The normalized spacial score (nSPS) is 15.7. The Bertz CT molecular complexity index is 544. The molecule has 0 spiro atoms. The third-order valence-electron chi connectivity index (χ3n) is 3.04. The quantitative estimate of drug-likeness (QED) is 0.673. The van der Waals surface area contributed by atoms with E-state index in [4.69, 9.17) is 18.0 Å². The van der Waals surface area contributed by atoms with Gasteiger partial charge in [0.2, 0.25) is 11.8 Å². The summed E-state index contributed by atoms with van der Waals surface area (Å²) >= 11 is 4.89. The van der Waals surface area contributed by atoms with E-state index in [-0.39, 0.29) is 23.3 Å². The van der Waals surface area contributed by atoms with E-state index in [1.165, 1.54) is 18.2 Å². The van der Waals surface area contributed by atoms with Crippen molar-refractivity contribution < 1.29 is 14.0 Å². The maximum atomic E-state index is 13.3. The van der Waals surface area contributed by atoms with Gasteiger partial charge in [0.25, 0.3) is 0 Å². The van der Waals surface area contributed by atoms with Crippen LogP contribution < -0.4 is 5.73 Å². The van der Waals surface area contributed by atoms with Gasteiger partial charge < -0.3 is 5.73 Å². The molecule has 1 aliphatic rings. The predicted octanol–water partition coefficient (Wildman–Crippen LogP) is 1.50. The van der Waals surface area contributed by atoms with Crippen molar-refractivity contribution in [3.05, 3.63) is 35.1 Å². The Morgan fingerprint density at radius 1 is 1.32 bits per heavy atom. The van der Waals surface area contributed by atoms with Gasteiger partial charge in [-0.15, -0.1) is 0 Å². The minimum absolute atomic E-state index is 0.0160. The summed E-state index contributed by atoms with van der Waals surface area (Å²) in [6.45, 7) is 0.0160. The third kappa shape index (κ3) is 2.96. The maximum Gasteiger partial charge on any atom is 0.229 e. The van der Waals surface area contributed by atoms with Gasteiger partial charge in [-0.3, -0.25) is 14.5 Å². The van der Waals surface area contributed by atoms with Gasteiger partial charge in [0, 0.05) is 18.4 Å². The molecule has 1 aliphatic heterocycles. The van der Waals surface area contributed by atoms with E-state index in [9.17, 15) is 14.0 Å².